The highest BCUT2D eigenvalue weighted by Crippen LogP contribution is 2.34. The maximum atomic E-state index is 14.1. The minimum Gasteiger partial charge on any atom is -0.371 e. The van der Waals surface area contributed by atoms with Crippen LogP contribution in [0.15, 0.2) is 48.5 Å². The second-order valence-corrected chi connectivity index (χ2v) is 9.62. The molecule has 1 unspecified atom stereocenters. The van der Waals surface area contributed by atoms with E-state index in [1.807, 2.05) is 53.4 Å². The highest BCUT2D eigenvalue weighted by molar-refractivity contribution is 6.02. The van der Waals surface area contributed by atoms with Crippen LogP contribution in [0.5, 0.6) is 0 Å². The first-order valence-corrected chi connectivity index (χ1v) is 12.6. The van der Waals surface area contributed by atoms with Gasteiger partial charge in [-0.25, -0.2) is 4.79 Å². The van der Waals surface area contributed by atoms with Crippen LogP contribution < -0.4 is 15.5 Å². The summed E-state index contributed by atoms with van der Waals surface area (Å²) in [5.74, 6) is 0.137. The third-order valence-corrected chi connectivity index (χ3v) is 7.22. The molecular formula is C27H33N5O3. The topological polar surface area (TPSA) is 85.0 Å². The Morgan fingerprint density at radius 2 is 1.66 bits per heavy atom. The fourth-order valence-electron chi connectivity index (χ4n) is 5.08. The van der Waals surface area contributed by atoms with Crippen LogP contribution in [0.3, 0.4) is 0 Å². The lowest BCUT2D eigenvalue weighted by atomic mass is 10.00. The van der Waals surface area contributed by atoms with Crippen LogP contribution in [-0.4, -0.2) is 67.4 Å². The number of benzene rings is 2. The molecule has 2 heterocycles. The van der Waals surface area contributed by atoms with Gasteiger partial charge in [-0.3, -0.25) is 9.59 Å². The predicted molar refractivity (Wildman–Crippen MR) is 135 cm³/mol. The van der Waals surface area contributed by atoms with Crippen LogP contribution in [0.1, 0.15) is 47.6 Å². The summed E-state index contributed by atoms with van der Waals surface area (Å²) < 4.78 is 0. The predicted octanol–water partition coefficient (Wildman–Crippen LogP) is 3.47. The molecule has 0 aromatic heterocycles. The van der Waals surface area contributed by atoms with Gasteiger partial charge in [0.2, 0.25) is 5.91 Å². The third-order valence-electron chi connectivity index (χ3n) is 7.22. The maximum absolute atomic E-state index is 14.1. The minimum atomic E-state index is -0.240. The molecule has 0 bridgehead atoms. The molecule has 1 aliphatic carbocycles. The molecule has 35 heavy (non-hydrogen) atoms. The Hall–Kier alpha value is -3.55. The number of rotatable bonds is 5. The molecule has 2 aromatic rings. The Bertz CT molecular complexity index is 1100. The van der Waals surface area contributed by atoms with Gasteiger partial charge in [0.05, 0.1) is 17.3 Å². The molecule has 8 heteroatoms. The fraction of sp³-hybridized carbons (Fsp3) is 0.444. The van der Waals surface area contributed by atoms with Crippen molar-refractivity contribution in [1.29, 1.82) is 0 Å². The molecule has 2 aliphatic heterocycles. The number of urea groups is 1. The number of anilines is 2. The van der Waals surface area contributed by atoms with E-state index in [9.17, 15) is 14.4 Å². The van der Waals surface area contributed by atoms with Gasteiger partial charge in [-0.2, -0.15) is 0 Å². The summed E-state index contributed by atoms with van der Waals surface area (Å²) in [6, 6.07) is 15.2. The van der Waals surface area contributed by atoms with Gasteiger partial charge in [-0.1, -0.05) is 30.3 Å². The number of piperazine rings is 1. The molecule has 8 nitrogen and oxygen atoms in total. The standard InChI is InChI=1S/C27H33N5O3/c1-28-27(35)31-15-16-32(24(18-31)19-7-3-2-4-8-19)26(34)22-12-11-21(29-25(33)20-9-10-20)17-23(22)30-13-5-6-14-30/h2-4,7-8,11-12,17,20,24H,5-6,9-10,13-16,18H2,1H3,(H,28,35)(H,29,33). The van der Waals surface area contributed by atoms with Gasteiger partial charge in [0.25, 0.3) is 5.91 Å². The van der Waals surface area contributed by atoms with E-state index in [1.54, 1.807) is 11.9 Å². The SMILES string of the molecule is CNC(=O)N1CCN(C(=O)c2ccc(NC(=O)C3CC3)cc2N2CCCC2)C(c2ccccc2)C1. The lowest BCUT2D eigenvalue weighted by Gasteiger charge is -2.42. The van der Waals surface area contributed by atoms with E-state index in [4.69, 9.17) is 0 Å². The highest BCUT2D eigenvalue weighted by atomic mass is 16.2. The van der Waals surface area contributed by atoms with E-state index < -0.39 is 0 Å². The van der Waals surface area contributed by atoms with Crippen LogP contribution in [0.2, 0.25) is 0 Å². The van der Waals surface area contributed by atoms with Crippen molar-refractivity contribution in [3.05, 3.63) is 59.7 Å². The summed E-state index contributed by atoms with van der Waals surface area (Å²) in [6.07, 6.45) is 4.07. The summed E-state index contributed by atoms with van der Waals surface area (Å²) in [4.78, 5) is 44.7. The number of nitrogens with zero attached hydrogens (tertiary/aromatic N) is 3. The Morgan fingerprint density at radius 1 is 0.914 bits per heavy atom. The number of carbonyl (C=O) groups excluding carboxylic acids is 3. The van der Waals surface area contributed by atoms with Gasteiger partial charge < -0.3 is 25.3 Å². The molecule has 0 radical (unpaired) electrons. The minimum absolute atomic E-state index is 0.0441. The third kappa shape index (κ3) is 4.97. The molecule has 1 atom stereocenters. The number of amides is 4. The van der Waals surface area contributed by atoms with E-state index in [0.717, 1.165) is 55.7 Å². The maximum Gasteiger partial charge on any atom is 0.317 e. The average molecular weight is 476 g/mol. The molecule has 3 fully saturated rings. The second kappa shape index (κ2) is 9.98. The van der Waals surface area contributed by atoms with Crippen molar-refractivity contribution < 1.29 is 14.4 Å². The van der Waals surface area contributed by atoms with E-state index in [0.29, 0.717) is 25.2 Å². The van der Waals surface area contributed by atoms with E-state index in [-0.39, 0.29) is 29.8 Å². The molecule has 2 saturated heterocycles. The molecule has 5 rings (SSSR count). The van der Waals surface area contributed by atoms with Crippen LogP contribution in [0.4, 0.5) is 16.2 Å². The quantitative estimate of drug-likeness (QED) is 0.694. The Morgan fingerprint density at radius 3 is 2.34 bits per heavy atom. The average Bonchev–Trinajstić information content (AvgIpc) is 3.62. The van der Waals surface area contributed by atoms with Crippen molar-refractivity contribution in [3.8, 4) is 0 Å². The Balaban J connectivity index is 1.46. The first kappa shape index (κ1) is 23.2. The van der Waals surface area contributed by atoms with E-state index in [1.165, 1.54) is 0 Å². The molecule has 0 spiro atoms. The van der Waals surface area contributed by atoms with Crippen molar-refractivity contribution >= 4 is 29.2 Å². The Kier molecular flexibility index (Phi) is 6.61. The molecular weight excluding hydrogens is 442 g/mol. The molecule has 1 saturated carbocycles. The monoisotopic (exact) mass is 475 g/mol. The summed E-state index contributed by atoms with van der Waals surface area (Å²) >= 11 is 0. The summed E-state index contributed by atoms with van der Waals surface area (Å²) in [6.45, 7) is 3.15. The van der Waals surface area contributed by atoms with Gasteiger partial charge in [0, 0.05) is 51.4 Å². The van der Waals surface area contributed by atoms with Gasteiger partial charge in [-0.05, 0) is 49.4 Å². The molecule has 4 amide bonds. The Labute approximate surface area is 206 Å². The zero-order chi connectivity index (χ0) is 24.4. The number of nitrogens with one attached hydrogen (secondary N) is 2. The first-order chi connectivity index (χ1) is 17.0. The zero-order valence-electron chi connectivity index (χ0n) is 20.2. The van der Waals surface area contributed by atoms with Crippen LogP contribution in [-0.2, 0) is 4.79 Å². The van der Waals surface area contributed by atoms with Crippen molar-refractivity contribution in [2.45, 2.75) is 31.7 Å². The molecule has 184 valence electrons. The lowest BCUT2D eigenvalue weighted by molar-refractivity contribution is -0.117. The normalized spacial score (nSPS) is 20.0. The number of hydrogen-bond donors (Lipinski definition) is 2. The van der Waals surface area contributed by atoms with E-state index in [2.05, 4.69) is 15.5 Å². The van der Waals surface area contributed by atoms with Crippen molar-refractivity contribution in [2.24, 2.45) is 5.92 Å². The first-order valence-electron chi connectivity index (χ1n) is 12.6. The van der Waals surface area contributed by atoms with Crippen LogP contribution >= 0.6 is 0 Å². The zero-order valence-corrected chi connectivity index (χ0v) is 20.2. The van der Waals surface area contributed by atoms with Crippen molar-refractivity contribution in [2.75, 3.05) is 50.0 Å². The molecule has 2 N–H and O–H groups in total. The summed E-state index contributed by atoms with van der Waals surface area (Å²) in [5.41, 5.74) is 3.27. The molecule has 2 aromatic carbocycles. The number of carbonyl (C=O) groups is 3. The molecule has 3 aliphatic rings. The van der Waals surface area contributed by atoms with Crippen molar-refractivity contribution in [1.82, 2.24) is 15.1 Å². The summed E-state index contributed by atoms with van der Waals surface area (Å²) in [7, 11) is 1.63. The second-order valence-electron chi connectivity index (χ2n) is 9.62. The largest absolute Gasteiger partial charge is 0.371 e. The van der Waals surface area contributed by atoms with Gasteiger partial charge in [0.15, 0.2) is 0 Å². The number of hydrogen-bond acceptors (Lipinski definition) is 4. The van der Waals surface area contributed by atoms with Crippen molar-refractivity contribution in [3.63, 3.8) is 0 Å². The smallest absolute Gasteiger partial charge is 0.317 e. The van der Waals surface area contributed by atoms with Gasteiger partial charge in [-0.15, -0.1) is 0 Å². The van der Waals surface area contributed by atoms with Crippen LogP contribution in [0.25, 0.3) is 0 Å². The van der Waals surface area contributed by atoms with Gasteiger partial charge >= 0.3 is 6.03 Å². The lowest BCUT2D eigenvalue weighted by Crippen LogP contribution is -2.54. The van der Waals surface area contributed by atoms with E-state index >= 15 is 0 Å². The highest BCUT2D eigenvalue weighted by Gasteiger charge is 2.35. The summed E-state index contributed by atoms with van der Waals surface area (Å²) in [5, 5.41) is 5.74. The fourth-order valence-corrected chi connectivity index (χ4v) is 5.08. The van der Waals surface area contributed by atoms with Crippen LogP contribution in [0, 0.1) is 5.92 Å². The van der Waals surface area contributed by atoms with Gasteiger partial charge in [0.1, 0.15) is 0 Å².